The molecule has 1 aromatic heterocycles. The second-order valence-corrected chi connectivity index (χ2v) is 5.57. The lowest BCUT2D eigenvalue weighted by Gasteiger charge is -2.08. The first-order chi connectivity index (χ1) is 10.0. The van der Waals surface area contributed by atoms with Crippen molar-refractivity contribution in [3.8, 4) is 17.1 Å². The van der Waals surface area contributed by atoms with Gasteiger partial charge in [-0.1, -0.05) is 11.6 Å². The van der Waals surface area contributed by atoms with E-state index in [2.05, 4.69) is 31.5 Å². The second kappa shape index (κ2) is 5.42. The summed E-state index contributed by atoms with van der Waals surface area (Å²) in [6.45, 7) is 0. The minimum atomic E-state index is -0.389. The predicted molar refractivity (Wildman–Crippen MR) is 81.7 cm³/mol. The quantitative estimate of drug-likeness (QED) is 0.703. The van der Waals surface area contributed by atoms with E-state index in [9.17, 15) is 4.39 Å². The molecule has 0 unspecified atom stereocenters. The SMILES string of the molecule is Nc1cc(Cl)cc(-c2nnnn2-c2cc(F)ccc2Br)c1. The Labute approximate surface area is 132 Å². The Kier molecular flexibility index (Phi) is 3.60. The van der Waals surface area contributed by atoms with E-state index in [1.54, 1.807) is 24.3 Å². The summed E-state index contributed by atoms with van der Waals surface area (Å²) in [6.07, 6.45) is 0. The van der Waals surface area contributed by atoms with Crippen LogP contribution in [-0.2, 0) is 0 Å². The van der Waals surface area contributed by atoms with Crippen LogP contribution in [0.1, 0.15) is 0 Å². The van der Waals surface area contributed by atoms with E-state index in [1.807, 2.05) is 0 Å². The third kappa shape index (κ3) is 2.74. The van der Waals surface area contributed by atoms with Crippen LogP contribution in [0.5, 0.6) is 0 Å². The maximum atomic E-state index is 13.5. The van der Waals surface area contributed by atoms with Crippen LogP contribution in [0.25, 0.3) is 17.1 Å². The fraction of sp³-hybridized carbons (Fsp3) is 0. The van der Waals surface area contributed by atoms with Gasteiger partial charge in [0.1, 0.15) is 5.82 Å². The summed E-state index contributed by atoms with van der Waals surface area (Å²) in [5, 5.41) is 12.0. The van der Waals surface area contributed by atoms with Crippen molar-refractivity contribution in [3.63, 3.8) is 0 Å². The van der Waals surface area contributed by atoms with E-state index in [0.717, 1.165) is 0 Å². The Morgan fingerprint density at radius 1 is 1.19 bits per heavy atom. The zero-order valence-electron chi connectivity index (χ0n) is 10.5. The van der Waals surface area contributed by atoms with Crippen LogP contribution in [0.4, 0.5) is 10.1 Å². The number of benzene rings is 2. The fourth-order valence-electron chi connectivity index (χ4n) is 1.92. The first kappa shape index (κ1) is 14.0. The molecule has 0 amide bonds. The number of anilines is 1. The molecule has 0 saturated carbocycles. The van der Waals surface area contributed by atoms with Crippen LogP contribution in [0.3, 0.4) is 0 Å². The second-order valence-electron chi connectivity index (χ2n) is 4.28. The van der Waals surface area contributed by atoms with Gasteiger partial charge in [0, 0.05) is 26.8 Å². The van der Waals surface area contributed by atoms with E-state index < -0.39 is 0 Å². The molecule has 2 N–H and O–H groups in total. The van der Waals surface area contributed by atoms with E-state index in [4.69, 9.17) is 17.3 Å². The molecule has 0 aliphatic rings. The van der Waals surface area contributed by atoms with Gasteiger partial charge in [0.05, 0.1) is 5.69 Å². The highest BCUT2D eigenvalue weighted by Crippen LogP contribution is 2.28. The van der Waals surface area contributed by atoms with Gasteiger partial charge in [-0.25, -0.2) is 4.39 Å². The minimum Gasteiger partial charge on any atom is -0.399 e. The van der Waals surface area contributed by atoms with E-state index >= 15 is 0 Å². The van der Waals surface area contributed by atoms with Crippen LogP contribution in [0.2, 0.25) is 5.02 Å². The van der Waals surface area contributed by atoms with Crippen LogP contribution < -0.4 is 5.73 Å². The largest absolute Gasteiger partial charge is 0.399 e. The van der Waals surface area contributed by atoms with Crippen molar-refractivity contribution in [2.75, 3.05) is 5.73 Å². The van der Waals surface area contributed by atoms with Crippen molar-refractivity contribution in [1.29, 1.82) is 0 Å². The molecule has 0 spiro atoms. The minimum absolute atomic E-state index is 0.389. The summed E-state index contributed by atoms with van der Waals surface area (Å²) >= 11 is 9.35. The maximum absolute atomic E-state index is 13.5. The Hall–Kier alpha value is -1.99. The molecule has 3 aromatic rings. The number of rotatable bonds is 2. The smallest absolute Gasteiger partial charge is 0.187 e. The summed E-state index contributed by atoms with van der Waals surface area (Å²) in [6, 6.07) is 9.27. The van der Waals surface area contributed by atoms with Crippen molar-refractivity contribution < 1.29 is 4.39 Å². The van der Waals surface area contributed by atoms with E-state index in [1.165, 1.54) is 16.8 Å². The number of tetrazole rings is 1. The molecule has 2 aromatic carbocycles. The Morgan fingerprint density at radius 3 is 2.76 bits per heavy atom. The monoisotopic (exact) mass is 367 g/mol. The third-order valence-electron chi connectivity index (χ3n) is 2.78. The highest BCUT2D eigenvalue weighted by atomic mass is 79.9. The standard InChI is InChI=1S/C13H8BrClFN5/c14-11-2-1-9(16)6-12(11)21-13(18-19-20-21)7-3-8(15)5-10(17)4-7/h1-6H,17H2. The molecular weight excluding hydrogens is 361 g/mol. The summed E-state index contributed by atoms with van der Waals surface area (Å²) in [5.41, 5.74) is 7.39. The van der Waals surface area contributed by atoms with Gasteiger partial charge < -0.3 is 5.73 Å². The molecule has 0 aliphatic carbocycles. The van der Waals surface area contributed by atoms with E-state index in [0.29, 0.717) is 32.3 Å². The summed E-state index contributed by atoms with van der Waals surface area (Å²) in [4.78, 5) is 0. The number of nitrogen functional groups attached to an aromatic ring is 1. The Balaban J connectivity index is 2.19. The number of hydrogen-bond acceptors (Lipinski definition) is 4. The predicted octanol–water partition coefficient (Wildman–Crippen LogP) is 3.47. The number of halogens is 3. The fourth-order valence-corrected chi connectivity index (χ4v) is 2.58. The molecule has 21 heavy (non-hydrogen) atoms. The lowest BCUT2D eigenvalue weighted by Crippen LogP contribution is -2.02. The zero-order chi connectivity index (χ0) is 15.0. The zero-order valence-corrected chi connectivity index (χ0v) is 12.8. The third-order valence-corrected chi connectivity index (χ3v) is 3.67. The van der Waals surface area contributed by atoms with Crippen molar-refractivity contribution in [3.05, 3.63) is 51.7 Å². The molecule has 106 valence electrons. The molecule has 0 fully saturated rings. The van der Waals surface area contributed by atoms with Crippen molar-refractivity contribution in [2.45, 2.75) is 0 Å². The highest BCUT2D eigenvalue weighted by Gasteiger charge is 2.14. The lowest BCUT2D eigenvalue weighted by molar-refractivity contribution is 0.624. The van der Waals surface area contributed by atoms with Crippen LogP contribution in [-0.4, -0.2) is 20.2 Å². The van der Waals surface area contributed by atoms with Gasteiger partial charge in [-0.05, 0) is 56.7 Å². The van der Waals surface area contributed by atoms with Crippen molar-refractivity contribution >= 4 is 33.2 Å². The van der Waals surface area contributed by atoms with Crippen molar-refractivity contribution in [1.82, 2.24) is 20.2 Å². The summed E-state index contributed by atoms with van der Waals surface area (Å²) in [5.74, 6) is 0.0238. The Bertz CT molecular complexity index is 800. The van der Waals surface area contributed by atoms with Gasteiger partial charge >= 0.3 is 0 Å². The van der Waals surface area contributed by atoms with E-state index in [-0.39, 0.29) is 5.82 Å². The van der Waals surface area contributed by atoms with Crippen LogP contribution >= 0.6 is 27.5 Å². The molecule has 0 saturated heterocycles. The molecule has 0 radical (unpaired) electrons. The number of nitrogens with two attached hydrogens (primary N) is 1. The van der Waals surface area contributed by atoms with Crippen molar-refractivity contribution in [2.24, 2.45) is 0 Å². The molecule has 0 bridgehead atoms. The van der Waals surface area contributed by atoms with Crippen LogP contribution in [0.15, 0.2) is 40.9 Å². The lowest BCUT2D eigenvalue weighted by atomic mass is 10.2. The first-order valence-corrected chi connectivity index (χ1v) is 7.02. The molecule has 8 heteroatoms. The molecule has 3 rings (SSSR count). The van der Waals surface area contributed by atoms with Crippen LogP contribution in [0, 0.1) is 5.82 Å². The summed E-state index contributed by atoms with van der Waals surface area (Å²) < 4.78 is 15.5. The molecule has 5 nitrogen and oxygen atoms in total. The molecular formula is C13H8BrClFN5. The molecule has 1 heterocycles. The van der Waals surface area contributed by atoms with Gasteiger partial charge in [0.2, 0.25) is 0 Å². The summed E-state index contributed by atoms with van der Waals surface area (Å²) in [7, 11) is 0. The maximum Gasteiger partial charge on any atom is 0.187 e. The highest BCUT2D eigenvalue weighted by molar-refractivity contribution is 9.10. The van der Waals surface area contributed by atoms with Gasteiger partial charge in [-0.3, -0.25) is 0 Å². The van der Waals surface area contributed by atoms with Gasteiger partial charge in [-0.15, -0.1) is 5.10 Å². The Morgan fingerprint density at radius 2 is 2.00 bits per heavy atom. The van der Waals surface area contributed by atoms with Gasteiger partial charge in [-0.2, -0.15) is 4.68 Å². The average Bonchev–Trinajstić information content (AvgIpc) is 2.89. The molecule has 0 aliphatic heterocycles. The van der Waals surface area contributed by atoms with Gasteiger partial charge in [0.25, 0.3) is 0 Å². The normalized spacial score (nSPS) is 10.8. The number of hydrogen-bond donors (Lipinski definition) is 1. The number of nitrogens with zero attached hydrogens (tertiary/aromatic N) is 4. The topological polar surface area (TPSA) is 69.6 Å². The molecule has 0 atom stereocenters. The number of aromatic nitrogens is 4. The average molecular weight is 369 g/mol. The first-order valence-electron chi connectivity index (χ1n) is 5.85. The van der Waals surface area contributed by atoms with Gasteiger partial charge in [0.15, 0.2) is 5.82 Å².